The fraction of sp³-hybridized carbons (Fsp3) is 0.250. The molecule has 1 N–H and O–H groups in total. The lowest BCUT2D eigenvalue weighted by atomic mass is 9.96. The lowest BCUT2D eigenvalue weighted by Gasteiger charge is -2.20. The van der Waals surface area contributed by atoms with Gasteiger partial charge in [0.25, 0.3) is 5.78 Å². The van der Waals surface area contributed by atoms with Crippen LogP contribution in [0.4, 0.5) is 11.5 Å². The minimum absolute atomic E-state index is 0.629. The summed E-state index contributed by atoms with van der Waals surface area (Å²) in [4.78, 5) is 10.5. The van der Waals surface area contributed by atoms with Gasteiger partial charge in [-0.2, -0.15) is 9.50 Å². The molecule has 0 unspecified atom stereocenters. The van der Waals surface area contributed by atoms with E-state index in [0.717, 1.165) is 53.3 Å². The summed E-state index contributed by atoms with van der Waals surface area (Å²) < 4.78 is 1.83. The Morgan fingerprint density at radius 1 is 1.15 bits per heavy atom. The molecule has 0 radical (unpaired) electrons. The van der Waals surface area contributed by atoms with Gasteiger partial charge in [-0.1, -0.05) is 23.7 Å². The SMILES string of the molecule is Cc1ccc(Nc2c3c(nc4nc(-c5cccs5)nn24)CCCC3)c(Cl)c1. The van der Waals surface area contributed by atoms with Gasteiger partial charge in [-0.3, -0.25) is 0 Å². The van der Waals surface area contributed by atoms with Crippen LogP contribution in [0.25, 0.3) is 16.5 Å². The highest BCUT2D eigenvalue weighted by atomic mass is 35.5. The molecule has 4 aromatic rings. The van der Waals surface area contributed by atoms with Gasteiger partial charge >= 0.3 is 0 Å². The van der Waals surface area contributed by atoms with Gasteiger partial charge in [0.2, 0.25) is 0 Å². The van der Waals surface area contributed by atoms with Crippen molar-refractivity contribution in [1.82, 2.24) is 19.6 Å². The Morgan fingerprint density at radius 2 is 2.04 bits per heavy atom. The predicted molar refractivity (Wildman–Crippen MR) is 110 cm³/mol. The summed E-state index contributed by atoms with van der Waals surface area (Å²) >= 11 is 8.11. The maximum atomic E-state index is 6.48. The second-order valence-electron chi connectivity index (χ2n) is 6.83. The van der Waals surface area contributed by atoms with Crippen molar-refractivity contribution in [3.05, 3.63) is 57.6 Å². The predicted octanol–water partition coefficient (Wildman–Crippen LogP) is 5.44. The zero-order chi connectivity index (χ0) is 18.4. The van der Waals surface area contributed by atoms with Crippen LogP contribution in [-0.4, -0.2) is 19.6 Å². The van der Waals surface area contributed by atoms with Crippen molar-refractivity contribution in [1.29, 1.82) is 0 Å². The molecule has 136 valence electrons. The fourth-order valence-electron chi connectivity index (χ4n) is 3.53. The van der Waals surface area contributed by atoms with Crippen LogP contribution in [0.5, 0.6) is 0 Å². The van der Waals surface area contributed by atoms with Crippen molar-refractivity contribution < 1.29 is 0 Å². The molecular formula is C20H18ClN5S. The summed E-state index contributed by atoms with van der Waals surface area (Å²) in [6.45, 7) is 2.03. The Kier molecular flexibility index (Phi) is 4.10. The molecule has 0 aliphatic heterocycles. The first kappa shape index (κ1) is 16.7. The monoisotopic (exact) mass is 395 g/mol. The Balaban J connectivity index is 1.70. The molecule has 0 bridgehead atoms. The first-order valence-electron chi connectivity index (χ1n) is 9.04. The average molecular weight is 396 g/mol. The Morgan fingerprint density at radius 3 is 2.85 bits per heavy atom. The summed E-state index contributed by atoms with van der Waals surface area (Å²) in [5, 5.41) is 11.0. The highest BCUT2D eigenvalue weighted by Crippen LogP contribution is 2.33. The number of aromatic nitrogens is 4. The highest BCUT2D eigenvalue weighted by molar-refractivity contribution is 7.13. The van der Waals surface area contributed by atoms with Gasteiger partial charge in [0, 0.05) is 5.56 Å². The van der Waals surface area contributed by atoms with Crippen LogP contribution in [0.1, 0.15) is 29.7 Å². The van der Waals surface area contributed by atoms with E-state index in [0.29, 0.717) is 16.6 Å². The third-order valence-corrected chi connectivity index (χ3v) is 6.06. The topological polar surface area (TPSA) is 55.1 Å². The van der Waals surface area contributed by atoms with Gasteiger partial charge in [-0.25, -0.2) is 4.98 Å². The highest BCUT2D eigenvalue weighted by Gasteiger charge is 2.22. The Hall–Kier alpha value is -2.44. The van der Waals surface area contributed by atoms with Crippen LogP contribution in [0.2, 0.25) is 5.02 Å². The van der Waals surface area contributed by atoms with E-state index in [2.05, 4.69) is 16.4 Å². The zero-order valence-electron chi connectivity index (χ0n) is 14.9. The Labute approximate surface area is 166 Å². The molecule has 1 aliphatic rings. The molecule has 1 aliphatic carbocycles. The number of aryl methyl sites for hydroxylation is 2. The molecule has 0 spiro atoms. The van der Waals surface area contributed by atoms with Crippen LogP contribution in [0, 0.1) is 6.92 Å². The largest absolute Gasteiger partial charge is 0.339 e. The van der Waals surface area contributed by atoms with E-state index in [9.17, 15) is 0 Å². The van der Waals surface area contributed by atoms with E-state index < -0.39 is 0 Å². The zero-order valence-corrected chi connectivity index (χ0v) is 16.4. The van der Waals surface area contributed by atoms with Crippen molar-refractivity contribution in [2.45, 2.75) is 32.6 Å². The first-order valence-corrected chi connectivity index (χ1v) is 10.3. The third kappa shape index (κ3) is 2.99. The van der Waals surface area contributed by atoms with Crippen molar-refractivity contribution in [2.75, 3.05) is 5.32 Å². The molecule has 3 heterocycles. The van der Waals surface area contributed by atoms with Crippen LogP contribution in [0.3, 0.4) is 0 Å². The van der Waals surface area contributed by atoms with Gasteiger partial charge in [-0.15, -0.1) is 16.4 Å². The molecule has 27 heavy (non-hydrogen) atoms. The molecular weight excluding hydrogens is 378 g/mol. The second kappa shape index (κ2) is 6.62. The molecule has 7 heteroatoms. The standard InChI is InChI=1S/C20H18ClN5S/c1-12-8-9-16(14(21)11-12)22-19-13-5-2-3-6-15(13)23-20-24-18(25-26(19)20)17-7-4-10-27-17/h4,7-11,22H,2-3,5-6H2,1H3. The van der Waals surface area contributed by atoms with Crippen molar-refractivity contribution >= 4 is 40.2 Å². The van der Waals surface area contributed by atoms with E-state index in [1.807, 2.05) is 41.1 Å². The third-order valence-electron chi connectivity index (χ3n) is 4.88. The van der Waals surface area contributed by atoms with Crippen LogP contribution < -0.4 is 5.32 Å². The van der Waals surface area contributed by atoms with Gasteiger partial charge in [0.15, 0.2) is 5.82 Å². The smallest absolute Gasteiger partial charge is 0.254 e. The molecule has 3 aromatic heterocycles. The summed E-state index contributed by atoms with van der Waals surface area (Å²) in [6.07, 6.45) is 4.28. The quantitative estimate of drug-likeness (QED) is 0.502. The van der Waals surface area contributed by atoms with Gasteiger partial charge in [0.1, 0.15) is 5.82 Å². The number of anilines is 2. The second-order valence-corrected chi connectivity index (χ2v) is 8.18. The van der Waals surface area contributed by atoms with Gasteiger partial charge < -0.3 is 5.32 Å². The number of nitrogens with one attached hydrogen (secondary N) is 1. The van der Waals surface area contributed by atoms with Crippen molar-refractivity contribution in [3.8, 4) is 10.7 Å². The lowest BCUT2D eigenvalue weighted by Crippen LogP contribution is -2.13. The number of nitrogens with zero attached hydrogens (tertiary/aromatic N) is 4. The van der Waals surface area contributed by atoms with E-state index in [4.69, 9.17) is 21.7 Å². The number of halogens is 1. The number of benzene rings is 1. The van der Waals surface area contributed by atoms with Crippen LogP contribution >= 0.6 is 22.9 Å². The molecule has 0 amide bonds. The number of thiophene rings is 1. The number of fused-ring (bicyclic) bond motifs is 2. The summed E-state index contributed by atoms with van der Waals surface area (Å²) in [7, 11) is 0. The maximum Gasteiger partial charge on any atom is 0.254 e. The number of hydrogen-bond donors (Lipinski definition) is 1. The Bertz CT molecular complexity index is 1130. The van der Waals surface area contributed by atoms with E-state index in [1.165, 1.54) is 5.56 Å². The van der Waals surface area contributed by atoms with Gasteiger partial charge in [0.05, 0.1) is 21.3 Å². The molecule has 0 saturated carbocycles. The number of hydrogen-bond acceptors (Lipinski definition) is 5. The molecule has 0 fully saturated rings. The number of rotatable bonds is 3. The van der Waals surface area contributed by atoms with E-state index in [1.54, 1.807) is 11.3 Å². The van der Waals surface area contributed by atoms with Crippen molar-refractivity contribution in [2.24, 2.45) is 0 Å². The lowest BCUT2D eigenvalue weighted by molar-refractivity contribution is 0.662. The fourth-order valence-corrected chi connectivity index (χ4v) is 4.47. The van der Waals surface area contributed by atoms with Crippen LogP contribution in [-0.2, 0) is 12.8 Å². The minimum Gasteiger partial charge on any atom is -0.339 e. The summed E-state index contributed by atoms with van der Waals surface area (Å²) in [5.41, 5.74) is 4.33. The maximum absolute atomic E-state index is 6.48. The molecule has 5 nitrogen and oxygen atoms in total. The summed E-state index contributed by atoms with van der Waals surface area (Å²) in [5.74, 6) is 2.26. The molecule has 1 aromatic carbocycles. The van der Waals surface area contributed by atoms with Crippen molar-refractivity contribution in [3.63, 3.8) is 0 Å². The van der Waals surface area contributed by atoms with E-state index >= 15 is 0 Å². The average Bonchev–Trinajstić information content (AvgIpc) is 3.32. The first-order chi connectivity index (χ1) is 13.2. The molecule has 5 rings (SSSR count). The normalized spacial score (nSPS) is 13.7. The van der Waals surface area contributed by atoms with Crippen LogP contribution in [0.15, 0.2) is 35.7 Å². The molecule has 0 atom stereocenters. The molecule has 0 saturated heterocycles. The van der Waals surface area contributed by atoms with Gasteiger partial charge in [-0.05, 0) is 61.7 Å². The summed E-state index contributed by atoms with van der Waals surface area (Å²) in [6, 6.07) is 10.1. The van der Waals surface area contributed by atoms with E-state index in [-0.39, 0.29) is 0 Å². The minimum atomic E-state index is 0.629.